The third kappa shape index (κ3) is 6.64. The quantitative estimate of drug-likeness (QED) is 0.186. The van der Waals surface area contributed by atoms with Gasteiger partial charge in [-0.05, 0) is 74.2 Å². The number of hydrogen-bond donors (Lipinski definition) is 2. The Labute approximate surface area is 234 Å². The number of benzene rings is 2. The number of imide groups is 1. The van der Waals surface area contributed by atoms with Gasteiger partial charge in [0.05, 0.1) is 6.10 Å². The van der Waals surface area contributed by atoms with E-state index in [2.05, 4.69) is 5.32 Å². The van der Waals surface area contributed by atoms with Crippen molar-refractivity contribution in [3.8, 4) is 11.5 Å². The number of halogens is 5. The summed E-state index contributed by atoms with van der Waals surface area (Å²) in [4.78, 5) is 26.7. The van der Waals surface area contributed by atoms with Crippen molar-refractivity contribution in [3.05, 3.63) is 71.3 Å². The normalized spacial score (nSPS) is 19.3. The maximum Gasteiger partial charge on any atom is 0.427 e. The number of nitrogens with zero attached hydrogens (tertiary/aromatic N) is 1. The van der Waals surface area contributed by atoms with Crippen molar-refractivity contribution in [2.45, 2.75) is 70.4 Å². The number of amides is 3. The first-order valence-electron chi connectivity index (χ1n) is 13.0. The van der Waals surface area contributed by atoms with Gasteiger partial charge < -0.3 is 19.9 Å². The largest absolute Gasteiger partial charge is 0.491 e. The molecule has 1 fully saturated rings. The van der Waals surface area contributed by atoms with Crippen molar-refractivity contribution >= 4 is 11.9 Å². The Balaban J connectivity index is 1.66. The predicted octanol–water partition coefficient (Wildman–Crippen LogP) is 5.84. The van der Waals surface area contributed by atoms with Crippen molar-refractivity contribution in [3.63, 3.8) is 0 Å². The van der Waals surface area contributed by atoms with E-state index in [1.165, 1.54) is 12.2 Å². The number of ether oxygens (including phenoxy) is 2. The van der Waals surface area contributed by atoms with E-state index in [1.54, 1.807) is 38.1 Å². The van der Waals surface area contributed by atoms with Crippen LogP contribution in [0.5, 0.6) is 11.5 Å². The molecule has 1 aliphatic heterocycles. The van der Waals surface area contributed by atoms with Gasteiger partial charge in [0.2, 0.25) is 5.60 Å². The number of nitrogens with one attached hydrogen (secondary N) is 1. The highest BCUT2D eigenvalue weighted by atomic mass is 19.4. The Morgan fingerprint density at radius 2 is 1.73 bits per heavy atom. The van der Waals surface area contributed by atoms with E-state index in [0.29, 0.717) is 17.7 Å². The molecule has 0 aromatic heterocycles. The van der Waals surface area contributed by atoms with Crippen LogP contribution in [0.4, 0.5) is 26.7 Å². The van der Waals surface area contributed by atoms with Crippen LogP contribution in [0.15, 0.2) is 54.6 Å². The first kappa shape index (κ1) is 31.9. The van der Waals surface area contributed by atoms with E-state index in [1.807, 2.05) is 13.8 Å². The molecule has 1 aliphatic rings. The van der Waals surface area contributed by atoms with Gasteiger partial charge in [0.25, 0.3) is 12.3 Å². The fourth-order valence-electron chi connectivity index (χ4n) is 4.42. The van der Waals surface area contributed by atoms with E-state index in [0.717, 1.165) is 23.1 Å². The second-order valence-corrected chi connectivity index (χ2v) is 10.1. The fraction of sp³-hybridized carbons (Fsp3) is 0.448. The van der Waals surface area contributed by atoms with Crippen LogP contribution >= 0.6 is 0 Å². The maximum absolute atomic E-state index is 13.3. The summed E-state index contributed by atoms with van der Waals surface area (Å²) in [5, 5.41) is 12.5. The van der Waals surface area contributed by atoms with Gasteiger partial charge in [-0.1, -0.05) is 37.6 Å². The summed E-state index contributed by atoms with van der Waals surface area (Å²) in [7, 11) is 0. The minimum atomic E-state index is -5.59. The second kappa shape index (κ2) is 12.5. The van der Waals surface area contributed by atoms with Gasteiger partial charge in [-0.25, -0.2) is 13.6 Å². The number of alkyl halides is 5. The average Bonchev–Trinajstić information content (AvgIpc) is 3.11. The molecule has 12 heteroatoms. The van der Waals surface area contributed by atoms with E-state index < -0.39 is 41.2 Å². The van der Waals surface area contributed by atoms with Gasteiger partial charge in [-0.2, -0.15) is 13.2 Å². The molecule has 2 unspecified atom stereocenters. The predicted molar refractivity (Wildman–Crippen MR) is 141 cm³/mol. The number of urea groups is 1. The minimum Gasteiger partial charge on any atom is -0.491 e. The smallest absolute Gasteiger partial charge is 0.427 e. The van der Waals surface area contributed by atoms with Crippen LogP contribution in [0.1, 0.15) is 50.8 Å². The van der Waals surface area contributed by atoms with Crippen LogP contribution in [0.3, 0.4) is 0 Å². The summed E-state index contributed by atoms with van der Waals surface area (Å²) < 4.78 is 77.7. The molecule has 224 valence electrons. The van der Waals surface area contributed by atoms with E-state index in [4.69, 9.17) is 9.47 Å². The van der Waals surface area contributed by atoms with Crippen LogP contribution in [0.2, 0.25) is 0 Å². The zero-order chi connectivity index (χ0) is 30.6. The Kier molecular flexibility index (Phi) is 9.68. The summed E-state index contributed by atoms with van der Waals surface area (Å²) in [6.07, 6.45) is -5.95. The lowest BCUT2D eigenvalue weighted by molar-refractivity contribution is -0.305. The molecule has 1 heterocycles. The fourth-order valence-corrected chi connectivity index (χ4v) is 4.42. The average molecular weight is 585 g/mol. The van der Waals surface area contributed by atoms with Crippen molar-refractivity contribution < 1.29 is 46.1 Å². The highest BCUT2D eigenvalue weighted by Gasteiger charge is 2.61. The number of carbonyl (C=O) groups is 2. The van der Waals surface area contributed by atoms with Gasteiger partial charge in [-0.15, -0.1) is 0 Å². The highest BCUT2D eigenvalue weighted by Crippen LogP contribution is 2.44. The van der Waals surface area contributed by atoms with E-state index in [-0.39, 0.29) is 37.0 Å². The molecule has 0 saturated carbocycles. The van der Waals surface area contributed by atoms with Crippen molar-refractivity contribution in [1.82, 2.24) is 10.2 Å². The maximum atomic E-state index is 13.3. The van der Waals surface area contributed by atoms with Crippen molar-refractivity contribution in [2.75, 3.05) is 13.2 Å². The molecule has 3 amide bonds. The third-order valence-corrected chi connectivity index (χ3v) is 6.64. The van der Waals surface area contributed by atoms with Crippen molar-refractivity contribution in [1.29, 1.82) is 0 Å². The first-order chi connectivity index (χ1) is 19.1. The van der Waals surface area contributed by atoms with Crippen LogP contribution < -0.4 is 14.8 Å². The summed E-state index contributed by atoms with van der Waals surface area (Å²) in [5.41, 5.74) is -5.76. The SMILES string of the molecule is CCCc1cc(C(O)(C(F)F)C(F)(F)F)ccc1OCC=CCN1C(=O)NC(C)(c2ccc(OC(C)C)cc2)C1=O. The second-order valence-electron chi connectivity index (χ2n) is 10.1. The van der Waals surface area contributed by atoms with Crippen LogP contribution in [0.25, 0.3) is 0 Å². The van der Waals surface area contributed by atoms with E-state index >= 15 is 0 Å². The van der Waals surface area contributed by atoms with Gasteiger partial charge in [-0.3, -0.25) is 9.69 Å². The molecule has 2 aromatic rings. The third-order valence-electron chi connectivity index (χ3n) is 6.64. The lowest BCUT2D eigenvalue weighted by atomic mass is 9.91. The number of carbonyl (C=O) groups excluding carboxylic acids is 2. The molecule has 0 bridgehead atoms. The van der Waals surface area contributed by atoms with Crippen LogP contribution in [-0.4, -0.2) is 53.8 Å². The molecule has 0 aliphatic carbocycles. The Morgan fingerprint density at radius 3 is 2.29 bits per heavy atom. The molecule has 3 rings (SSSR count). The zero-order valence-corrected chi connectivity index (χ0v) is 23.1. The monoisotopic (exact) mass is 584 g/mol. The molecule has 41 heavy (non-hydrogen) atoms. The molecule has 2 N–H and O–H groups in total. The number of rotatable bonds is 12. The van der Waals surface area contributed by atoms with Gasteiger partial charge in [0, 0.05) is 6.54 Å². The summed E-state index contributed by atoms with van der Waals surface area (Å²) in [6, 6.07) is 9.01. The van der Waals surface area contributed by atoms with Crippen LogP contribution in [0, 0.1) is 0 Å². The Morgan fingerprint density at radius 1 is 1.07 bits per heavy atom. The summed E-state index contributed by atoms with van der Waals surface area (Å²) >= 11 is 0. The lowest BCUT2D eigenvalue weighted by Gasteiger charge is -2.30. The molecular weight excluding hydrogens is 551 g/mol. The number of hydrogen-bond acceptors (Lipinski definition) is 5. The Hall–Kier alpha value is -3.67. The molecular formula is C29H33F5N2O5. The molecule has 7 nitrogen and oxygen atoms in total. The van der Waals surface area contributed by atoms with Gasteiger partial charge in [0.1, 0.15) is 23.6 Å². The van der Waals surface area contributed by atoms with Crippen molar-refractivity contribution in [2.24, 2.45) is 0 Å². The summed E-state index contributed by atoms with van der Waals surface area (Å²) in [5.74, 6) is 0.333. The molecule has 2 atom stereocenters. The van der Waals surface area contributed by atoms with Gasteiger partial charge in [0.15, 0.2) is 0 Å². The minimum absolute atomic E-state index is 0.0204. The standard InChI is InChI=1S/C29H33F5N2O5/c1-5-8-19-17-21(28(39,24(30)31)29(32,33)34)11-14-23(19)40-16-7-6-15-36-25(37)27(4,35-26(36)38)20-9-12-22(13-10-20)41-18(2)3/h6-7,9-14,17-18,24,39H,5,8,15-16H2,1-4H3,(H,35,38). The summed E-state index contributed by atoms with van der Waals surface area (Å²) in [6.45, 7) is 6.99. The number of aliphatic hydroxyl groups is 1. The topological polar surface area (TPSA) is 88.1 Å². The van der Waals surface area contributed by atoms with E-state index in [9.17, 15) is 36.6 Å². The number of aryl methyl sites for hydroxylation is 1. The van der Waals surface area contributed by atoms with Gasteiger partial charge >= 0.3 is 12.2 Å². The first-order valence-corrected chi connectivity index (χ1v) is 13.0. The lowest BCUT2D eigenvalue weighted by Crippen LogP contribution is -2.48. The molecule has 1 saturated heterocycles. The highest BCUT2D eigenvalue weighted by molar-refractivity contribution is 6.07. The molecule has 0 radical (unpaired) electrons. The van der Waals surface area contributed by atoms with Crippen LogP contribution in [-0.2, 0) is 22.4 Å². The zero-order valence-electron chi connectivity index (χ0n) is 23.1. The molecule has 2 aromatic carbocycles. The molecule has 0 spiro atoms. The Bertz CT molecular complexity index is 1270.